The molecule has 0 radical (unpaired) electrons. The third kappa shape index (κ3) is 12.1. The first kappa shape index (κ1) is 32.4. The molecule has 0 unspecified atom stereocenters. The third-order valence-corrected chi connectivity index (χ3v) is 5.76. The molecule has 0 heterocycles. The molecule has 3 rings (SSSR count). The van der Waals surface area contributed by atoms with Crippen LogP contribution in [0, 0.1) is 0 Å². The summed E-state index contributed by atoms with van der Waals surface area (Å²) >= 11 is 0. The summed E-state index contributed by atoms with van der Waals surface area (Å²) in [5.74, 6) is -0.0588. The summed E-state index contributed by atoms with van der Waals surface area (Å²) in [4.78, 5) is 46.8. The fourth-order valence-electron chi connectivity index (χ4n) is 3.52. The number of unbranched alkanes of at least 4 members (excludes halogenated alkanes) is 2. The number of rotatable bonds is 17. The number of ether oxygens (including phenoxy) is 6. The maximum atomic E-state index is 12.5. The average Bonchev–Trinajstić information content (AvgIpc) is 3.01. The molecular formula is C33H34O10. The maximum Gasteiger partial charge on any atom is 0.343 e. The van der Waals surface area contributed by atoms with Crippen LogP contribution in [0.5, 0.6) is 23.0 Å². The normalized spacial score (nSPS) is 10.3. The molecule has 0 bridgehead atoms. The molecule has 3 aromatic rings. The van der Waals surface area contributed by atoms with Crippen LogP contribution in [0.2, 0.25) is 0 Å². The van der Waals surface area contributed by atoms with E-state index in [-0.39, 0.29) is 11.7 Å². The lowest BCUT2D eigenvalue weighted by Gasteiger charge is -2.09. The van der Waals surface area contributed by atoms with E-state index >= 15 is 0 Å². The van der Waals surface area contributed by atoms with Crippen molar-refractivity contribution in [1.29, 1.82) is 0 Å². The van der Waals surface area contributed by atoms with Crippen LogP contribution >= 0.6 is 0 Å². The SMILES string of the molecule is C=CC(=O)OCCCCOc1ccc(C(=O)Oc2ccc(OC(=O)c3ccc(OCCCCOC(C)=O)cc3)cc2)cc1. The van der Waals surface area contributed by atoms with Gasteiger partial charge in [0.15, 0.2) is 0 Å². The molecule has 0 N–H and O–H groups in total. The minimum absolute atomic E-state index is 0.289. The number of benzene rings is 3. The van der Waals surface area contributed by atoms with E-state index in [0.29, 0.717) is 74.1 Å². The van der Waals surface area contributed by atoms with Gasteiger partial charge >= 0.3 is 23.9 Å². The Morgan fingerprint density at radius 2 is 0.930 bits per heavy atom. The first-order chi connectivity index (χ1) is 20.8. The second-order valence-electron chi connectivity index (χ2n) is 9.12. The lowest BCUT2D eigenvalue weighted by molar-refractivity contribution is -0.141. The number of carbonyl (C=O) groups excluding carboxylic acids is 4. The summed E-state index contributed by atoms with van der Waals surface area (Å²) in [6.45, 7) is 6.27. The largest absolute Gasteiger partial charge is 0.494 e. The molecule has 0 spiro atoms. The van der Waals surface area contributed by atoms with Gasteiger partial charge in [0.25, 0.3) is 0 Å². The van der Waals surface area contributed by atoms with Gasteiger partial charge in [-0.05, 0) is 98.5 Å². The molecule has 0 saturated heterocycles. The highest BCUT2D eigenvalue weighted by Crippen LogP contribution is 2.21. The Bertz CT molecular complexity index is 1350. The van der Waals surface area contributed by atoms with Gasteiger partial charge in [-0.25, -0.2) is 14.4 Å². The summed E-state index contributed by atoms with van der Waals surface area (Å²) in [6, 6.07) is 19.2. The second-order valence-corrected chi connectivity index (χ2v) is 9.12. The topological polar surface area (TPSA) is 124 Å². The Balaban J connectivity index is 1.38. The predicted molar refractivity (Wildman–Crippen MR) is 156 cm³/mol. The van der Waals surface area contributed by atoms with Crippen molar-refractivity contribution in [2.45, 2.75) is 32.6 Å². The zero-order valence-electron chi connectivity index (χ0n) is 24.0. The van der Waals surface area contributed by atoms with Crippen molar-refractivity contribution in [1.82, 2.24) is 0 Å². The molecule has 0 fully saturated rings. The first-order valence-electron chi connectivity index (χ1n) is 13.8. The van der Waals surface area contributed by atoms with Gasteiger partial charge in [-0.1, -0.05) is 6.58 Å². The van der Waals surface area contributed by atoms with Crippen LogP contribution in [-0.4, -0.2) is 50.3 Å². The van der Waals surface area contributed by atoms with E-state index in [0.717, 1.165) is 12.5 Å². The quantitative estimate of drug-likeness (QED) is 0.0833. The Labute approximate surface area is 250 Å². The van der Waals surface area contributed by atoms with E-state index in [4.69, 9.17) is 28.4 Å². The zero-order chi connectivity index (χ0) is 30.9. The number of hydrogen-bond donors (Lipinski definition) is 0. The fourth-order valence-corrected chi connectivity index (χ4v) is 3.52. The summed E-state index contributed by atoms with van der Waals surface area (Å²) in [5.41, 5.74) is 0.688. The van der Waals surface area contributed by atoms with E-state index in [1.165, 1.54) is 31.2 Å². The lowest BCUT2D eigenvalue weighted by atomic mass is 10.2. The van der Waals surface area contributed by atoms with Crippen LogP contribution in [0.1, 0.15) is 53.3 Å². The van der Waals surface area contributed by atoms with Gasteiger partial charge in [0, 0.05) is 13.0 Å². The molecule has 3 aromatic carbocycles. The maximum absolute atomic E-state index is 12.5. The Morgan fingerprint density at radius 3 is 1.33 bits per heavy atom. The summed E-state index contributed by atoms with van der Waals surface area (Å²) < 4.78 is 31.9. The van der Waals surface area contributed by atoms with E-state index in [2.05, 4.69) is 6.58 Å². The number of hydrogen-bond acceptors (Lipinski definition) is 10. The number of carbonyl (C=O) groups is 4. The van der Waals surface area contributed by atoms with Crippen molar-refractivity contribution in [2.75, 3.05) is 26.4 Å². The van der Waals surface area contributed by atoms with Crippen molar-refractivity contribution >= 4 is 23.9 Å². The third-order valence-electron chi connectivity index (χ3n) is 5.76. The standard InChI is InChI=1S/C33H34O10/c1-3-31(35)41-23-7-6-22-40-28-14-10-26(11-15-28)33(37)43-30-18-16-29(17-19-30)42-32(36)25-8-12-27(13-9-25)39-21-5-4-20-38-24(2)34/h3,8-19H,1,4-7,20-23H2,2H3. The molecule has 0 aliphatic heterocycles. The van der Waals surface area contributed by atoms with E-state index in [1.807, 2.05) is 0 Å². The van der Waals surface area contributed by atoms with Crippen LogP contribution in [0.4, 0.5) is 0 Å². The van der Waals surface area contributed by atoms with Crippen LogP contribution in [-0.2, 0) is 19.1 Å². The van der Waals surface area contributed by atoms with Gasteiger partial charge in [-0.3, -0.25) is 4.79 Å². The van der Waals surface area contributed by atoms with Gasteiger partial charge in [0.05, 0.1) is 37.6 Å². The molecular weight excluding hydrogens is 556 g/mol. The molecule has 0 atom stereocenters. The van der Waals surface area contributed by atoms with Gasteiger partial charge in [-0.15, -0.1) is 0 Å². The van der Waals surface area contributed by atoms with Crippen molar-refractivity contribution < 1.29 is 47.6 Å². The smallest absolute Gasteiger partial charge is 0.343 e. The van der Waals surface area contributed by atoms with Crippen LogP contribution in [0.3, 0.4) is 0 Å². The highest BCUT2D eigenvalue weighted by Gasteiger charge is 2.12. The van der Waals surface area contributed by atoms with Crippen LogP contribution in [0.15, 0.2) is 85.5 Å². The highest BCUT2D eigenvalue weighted by molar-refractivity contribution is 5.92. The van der Waals surface area contributed by atoms with Crippen molar-refractivity contribution in [3.05, 3.63) is 96.6 Å². The van der Waals surface area contributed by atoms with Crippen LogP contribution < -0.4 is 18.9 Å². The first-order valence-corrected chi connectivity index (χ1v) is 13.8. The lowest BCUT2D eigenvalue weighted by Crippen LogP contribution is -2.10. The summed E-state index contributed by atoms with van der Waals surface area (Å²) in [5, 5.41) is 0. The van der Waals surface area contributed by atoms with Gasteiger partial charge < -0.3 is 28.4 Å². The van der Waals surface area contributed by atoms with E-state index < -0.39 is 17.9 Å². The van der Waals surface area contributed by atoms with Gasteiger partial charge in [0.2, 0.25) is 0 Å². The second kappa shape index (κ2) is 17.6. The summed E-state index contributed by atoms with van der Waals surface area (Å²) in [7, 11) is 0. The highest BCUT2D eigenvalue weighted by atomic mass is 16.5. The number of esters is 4. The molecule has 0 aliphatic carbocycles. The Morgan fingerprint density at radius 1 is 0.558 bits per heavy atom. The Kier molecular flexibility index (Phi) is 13.3. The van der Waals surface area contributed by atoms with E-state index in [1.54, 1.807) is 48.5 Å². The molecule has 226 valence electrons. The van der Waals surface area contributed by atoms with Crippen molar-refractivity contribution in [2.24, 2.45) is 0 Å². The molecule has 10 nitrogen and oxygen atoms in total. The molecule has 0 amide bonds. The van der Waals surface area contributed by atoms with Crippen molar-refractivity contribution in [3.63, 3.8) is 0 Å². The average molecular weight is 591 g/mol. The van der Waals surface area contributed by atoms with Gasteiger partial charge in [0.1, 0.15) is 23.0 Å². The Hall–Kier alpha value is -5.12. The van der Waals surface area contributed by atoms with Crippen molar-refractivity contribution in [3.8, 4) is 23.0 Å². The molecule has 0 aliphatic rings. The summed E-state index contributed by atoms with van der Waals surface area (Å²) in [6.07, 6.45) is 3.91. The van der Waals surface area contributed by atoms with Gasteiger partial charge in [-0.2, -0.15) is 0 Å². The molecule has 43 heavy (non-hydrogen) atoms. The minimum atomic E-state index is -0.549. The fraction of sp³-hybridized carbons (Fsp3) is 0.273. The molecule has 0 aromatic heterocycles. The van der Waals surface area contributed by atoms with E-state index in [9.17, 15) is 19.2 Å². The zero-order valence-corrected chi connectivity index (χ0v) is 24.0. The van der Waals surface area contributed by atoms with Crippen LogP contribution in [0.25, 0.3) is 0 Å². The minimum Gasteiger partial charge on any atom is -0.494 e. The molecule has 10 heteroatoms. The monoisotopic (exact) mass is 590 g/mol. The predicted octanol–water partition coefficient (Wildman–Crippen LogP) is 5.74. The molecule has 0 saturated carbocycles.